The van der Waals surface area contributed by atoms with Gasteiger partial charge in [-0.15, -0.1) is 0 Å². The molecule has 0 unspecified atom stereocenters. The SMILES string of the molecule is CCOC(=O)COc1cn(C)c2ccccc12. The number of fused-ring (bicyclic) bond motifs is 1. The number of benzene rings is 1. The van der Waals surface area contributed by atoms with E-state index in [2.05, 4.69) is 0 Å². The van der Waals surface area contributed by atoms with Crippen molar-refractivity contribution in [3.05, 3.63) is 30.5 Å². The maximum atomic E-state index is 11.2. The Bertz CT molecular complexity index is 530. The predicted octanol–water partition coefficient (Wildman–Crippen LogP) is 2.12. The van der Waals surface area contributed by atoms with E-state index >= 15 is 0 Å². The quantitative estimate of drug-likeness (QED) is 0.759. The molecule has 0 saturated carbocycles. The molecule has 0 bridgehead atoms. The minimum Gasteiger partial charge on any atom is -0.480 e. The van der Waals surface area contributed by atoms with Crippen molar-refractivity contribution < 1.29 is 14.3 Å². The second kappa shape index (κ2) is 4.91. The molecule has 0 aliphatic carbocycles. The van der Waals surface area contributed by atoms with Crippen molar-refractivity contribution in [2.75, 3.05) is 13.2 Å². The number of para-hydroxylation sites is 1. The number of aryl methyl sites for hydroxylation is 1. The van der Waals surface area contributed by atoms with E-state index in [4.69, 9.17) is 9.47 Å². The van der Waals surface area contributed by atoms with Crippen molar-refractivity contribution in [1.29, 1.82) is 0 Å². The zero-order valence-corrected chi connectivity index (χ0v) is 9.97. The zero-order chi connectivity index (χ0) is 12.3. The summed E-state index contributed by atoms with van der Waals surface area (Å²) in [7, 11) is 1.94. The van der Waals surface area contributed by atoms with Crippen molar-refractivity contribution in [2.24, 2.45) is 7.05 Å². The van der Waals surface area contributed by atoms with Crippen LogP contribution in [-0.2, 0) is 16.6 Å². The number of hydrogen-bond acceptors (Lipinski definition) is 3. The van der Waals surface area contributed by atoms with Crippen LogP contribution in [0.1, 0.15) is 6.92 Å². The molecule has 0 spiro atoms. The Morgan fingerprint density at radius 1 is 1.35 bits per heavy atom. The number of esters is 1. The second-order valence-electron chi connectivity index (χ2n) is 3.72. The van der Waals surface area contributed by atoms with Gasteiger partial charge >= 0.3 is 5.97 Å². The number of nitrogens with zero attached hydrogens (tertiary/aromatic N) is 1. The molecule has 0 N–H and O–H groups in total. The summed E-state index contributed by atoms with van der Waals surface area (Å²) < 4.78 is 12.2. The number of carbonyl (C=O) groups is 1. The molecule has 0 aliphatic rings. The highest BCUT2D eigenvalue weighted by molar-refractivity contribution is 5.87. The van der Waals surface area contributed by atoms with Crippen LogP contribution in [0.15, 0.2) is 30.5 Å². The minimum absolute atomic E-state index is 0.0537. The van der Waals surface area contributed by atoms with Gasteiger partial charge in [-0.3, -0.25) is 0 Å². The van der Waals surface area contributed by atoms with Crippen LogP contribution >= 0.6 is 0 Å². The number of carbonyl (C=O) groups excluding carboxylic acids is 1. The van der Waals surface area contributed by atoms with E-state index in [1.54, 1.807) is 6.92 Å². The minimum atomic E-state index is -0.347. The van der Waals surface area contributed by atoms with E-state index in [1.165, 1.54) is 0 Å². The molecule has 0 aliphatic heterocycles. The summed E-state index contributed by atoms with van der Waals surface area (Å²) in [5, 5.41) is 0.999. The van der Waals surface area contributed by atoms with Gasteiger partial charge in [0, 0.05) is 18.6 Å². The van der Waals surface area contributed by atoms with Crippen LogP contribution in [0.2, 0.25) is 0 Å². The van der Waals surface area contributed by atoms with Crippen LogP contribution in [0, 0.1) is 0 Å². The first-order valence-corrected chi connectivity index (χ1v) is 5.55. The lowest BCUT2D eigenvalue weighted by Gasteiger charge is -2.03. The molecule has 17 heavy (non-hydrogen) atoms. The van der Waals surface area contributed by atoms with Crippen molar-refractivity contribution in [3.63, 3.8) is 0 Å². The third-order valence-electron chi connectivity index (χ3n) is 2.51. The van der Waals surface area contributed by atoms with Crippen molar-refractivity contribution in [1.82, 2.24) is 4.57 Å². The molecule has 90 valence electrons. The first kappa shape index (κ1) is 11.5. The van der Waals surface area contributed by atoms with Gasteiger partial charge in [0.05, 0.1) is 12.1 Å². The molecule has 1 aromatic carbocycles. The van der Waals surface area contributed by atoms with Gasteiger partial charge in [-0.25, -0.2) is 4.79 Å². The first-order chi connectivity index (χ1) is 8.22. The Labute approximate surface area is 99.7 Å². The van der Waals surface area contributed by atoms with Crippen LogP contribution in [0.4, 0.5) is 0 Å². The fourth-order valence-corrected chi connectivity index (χ4v) is 1.76. The van der Waals surface area contributed by atoms with Gasteiger partial charge in [0.1, 0.15) is 5.75 Å². The maximum Gasteiger partial charge on any atom is 0.344 e. The first-order valence-electron chi connectivity index (χ1n) is 5.55. The summed E-state index contributed by atoms with van der Waals surface area (Å²) in [6.45, 7) is 2.09. The fourth-order valence-electron chi connectivity index (χ4n) is 1.76. The largest absolute Gasteiger partial charge is 0.480 e. The van der Waals surface area contributed by atoms with Crippen molar-refractivity contribution >= 4 is 16.9 Å². The van der Waals surface area contributed by atoms with E-state index in [0.29, 0.717) is 12.4 Å². The third kappa shape index (κ3) is 2.41. The predicted molar refractivity (Wildman–Crippen MR) is 65.0 cm³/mol. The molecular formula is C13H15NO3. The number of hydrogen-bond donors (Lipinski definition) is 0. The summed E-state index contributed by atoms with van der Waals surface area (Å²) in [6.07, 6.45) is 1.86. The molecular weight excluding hydrogens is 218 g/mol. The monoisotopic (exact) mass is 233 g/mol. The molecule has 1 heterocycles. The van der Waals surface area contributed by atoms with Crippen LogP contribution in [0.5, 0.6) is 5.75 Å². The van der Waals surface area contributed by atoms with Crippen LogP contribution < -0.4 is 4.74 Å². The molecule has 2 rings (SSSR count). The van der Waals surface area contributed by atoms with E-state index in [-0.39, 0.29) is 12.6 Å². The second-order valence-corrected chi connectivity index (χ2v) is 3.72. The van der Waals surface area contributed by atoms with E-state index in [0.717, 1.165) is 10.9 Å². The molecule has 0 atom stereocenters. The van der Waals surface area contributed by atoms with Gasteiger partial charge < -0.3 is 14.0 Å². The van der Waals surface area contributed by atoms with Gasteiger partial charge in [-0.1, -0.05) is 12.1 Å². The molecule has 0 radical (unpaired) electrons. The topological polar surface area (TPSA) is 40.5 Å². The maximum absolute atomic E-state index is 11.2. The average molecular weight is 233 g/mol. The van der Waals surface area contributed by atoms with E-state index < -0.39 is 0 Å². The molecule has 0 amide bonds. The highest BCUT2D eigenvalue weighted by Gasteiger charge is 2.09. The van der Waals surface area contributed by atoms with E-state index in [1.807, 2.05) is 42.1 Å². The van der Waals surface area contributed by atoms with Gasteiger partial charge in [0.2, 0.25) is 0 Å². The summed E-state index contributed by atoms with van der Waals surface area (Å²) in [5.41, 5.74) is 1.08. The summed E-state index contributed by atoms with van der Waals surface area (Å²) in [4.78, 5) is 11.2. The van der Waals surface area contributed by atoms with Crippen LogP contribution in [0.25, 0.3) is 10.9 Å². The number of ether oxygens (including phenoxy) is 2. The van der Waals surface area contributed by atoms with Gasteiger partial charge in [-0.05, 0) is 19.1 Å². The molecule has 2 aromatic rings. The van der Waals surface area contributed by atoms with Gasteiger partial charge in [-0.2, -0.15) is 0 Å². The molecule has 4 nitrogen and oxygen atoms in total. The van der Waals surface area contributed by atoms with Crippen molar-refractivity contribution in [2.45, 2.75) is 6.92 Å². The Hall–Kier alpha value is -1.97. The number of rotatable bonds is 4. The lowest BCUT2D eigenvalue weighted by molar-refractivity contribution is -0.145. The number of aromatic nitrogens is 1. The fraction of sp³-hybridized carbons (Fsp3) is 0.308. The average Bonchev–Trinajstić information content (AvgIpc) is 2.65. The summed E-state index contributed by atoms with van der Waals surface area (Å²) >= 11 is 0. The van der Waals surface area contributed by atoms with Gasteiger partial charge in [0.25, 0.3) is 0 Å². The standard InChI is InChI=1S/C13H15NO3/c1-3-16-13(15)9-17-12-8-14(2)11-7-5-4-6-10(11)12/h4-8H,3,9H2,1-2H3. The molecule has 1 aromatic heterocycles. The zero-order valence-electron chi connectivity index (χ0n) is 9.97. The molecule has 4 heteroatoms. The molecule has 0 saturated heterocycles. The lowest BCUT2D eigenvalue weighted by Crippen LogP contribution is -2.14. The Balaban J connectivity index is 2.16. The summed E-state index contributed by atoms with van der Waals surface area (Å²) in [6, 6.07) is 7.89. The summed E-state index contributed by atoms with van der Waals surface area (Å²) in [5.74, 6) is 0.358. The smallest absolute Gasteiger partial charge is 0.344 e. The van der Waals surface area contributed by atoms with Gasteiger partial charge in [0.15, 0.2) is 6.61 Å². The molecule has 0 fully saturated rings. The Morgan fingerprint density at radius 2 is 2.12 bits per heavy atom. The van der Waals surface area contributed by atoms with Crippen LogP contribution in [-0.4, -0.2) is 23.8 Å². The Morgan fingerprint density at radius 3 is 2.88 bits per heavy atom. The van der Waals surface area contributed by atoms with Crippen molar-refractivity contribution in [3.8, 4) is 5.75 Å². The third-order valence-corrected chi connectivity index (χ3v) is 2.51. The highest BCUT2D eigenvalue weighted by atomic mass is 16.6. The van der Waals surface area contributed by atoms with E-state index in [9.17, 15) is 4.79 Å². The Kier molecular flexibility index (Phi) is 3.32. The normalized spacial score (nSPS) is 10.5. The van der Waals surface area contributed by atoms with Crippen LogP contribution in [0.3, 0.4) is 0 Å². The highest BCUT2D eigenvalue weighted by Crippen LogP contribution is 2.26. The lowest BCUT2D eigenvalue weighted by atomic mass is 10.2.